The standard InChI is InChI=1S/C15H31NOS.2CH4/c1-2-3-4-5-6-7-8-9-10-11-13-18-14-12-15(16)17;;/h2-14H2,1H3,(H2,16,17);2*1H4. The molecule has 0 saturated carbocycles. The van der Waals surface area contributed by atoms with Crippen LogP contribution in [0.3, 0.4) is 0 Å². The van der Waals surface area contributed by atoms with Crippen LogP contribution in [0.25, 0.3) is 0 Å². The van der Waals surface area contributed by atoms with Crippen LogP contribution in [0.4, 0.5) is 0 Å². The fourth-order valence-electron chi connectivity index (χ4n) is 1.97. The first kappa shape index (κ1) is 24.8. The van der Waals surface area contributed by atoms with E-state index < -0.39 is 0 Å². The molecule has 0 aliphatic heterocycles. The van der Waals surface area contributed by atoms with Crippen LogP contribution in [0.5, 0.6) is 0 Å². The summed E-state index contributed by atoms with van der Waals surface area (Å²) in [6.45, 7) is 2.27. The Balaban J connectivity index is -0.00000144. The number of hydrogen-bond acceptors (Lipinski definition) is 2. The SMILES string of the molecule is C.C.CCCCCCCCCCCCSCCC(N)=O. The maximum Gasteiger partial charge on any atom is 0.218 e. The molecule has 0 unspecified atom stereocenters. The molecule has 2 nitrogen and oxygen atoms in total. The van der Waals surface area contributed by atoms with Crippen molar-refractivity contribution in [2.45, 2.75) is 92.4 Å². The summed E-state index contributed by atoms with van der Waals surface area (Å²) in [4.78, 5) is 10.5. The van der Waals surface area contributed by atoms with Crippen molar-refractivity contribution in [1.29, 1.82) is 0 Å². The molecule has 0 spiro atoms. The highest BCUT2D eigenvalue weighted by Gasteiger charge is 1.95. The monoisotopic (exact) mass is 305 g/mol. The van der Waals surface area contributed by atoms with Gasteiger partial charge in [0.2, 0.25) is 5.91 Å². The molecule has 0 saturated heterocycles. The second kappa shape index (κ2) is 21.1. The van der Waals surface area contributed by atoms with Crippen molar-refractivity contribution in [3.63, 3.8) is 0 Å². The number of thioether (sulfide) groups is 1. The van der Waals surface area contributed by atoms with E-state index in [-0.39, 0.29) is 20.8 Å². The van der Waals surface area contributed by atoms with Crippen molar-refractivity contribution in [3.05, 3.63) is 0 Å². The van der Waals surface area contributed by atoms with Crippen LogP contribution in [0.1, 0.15) is 92.4 Å². The van der Waals surface area contributed by atoms with Gasteiger partial charge in [0.1, 0.15) is 0 Å². The molecule has 0 aliphatic rings. The highest BCUT2D eigenvalue weighted by Crippen LogP contribution is 2.12. The fraction of sp³-hybridized carbons (Fsp3) is 0.941. The summed E-state index contributed by atoms with van der Waals surface area (Å²) in [7, 11) is 0. The van der Waals surface area contributed by atoms with E-state index in [9.17, 15) is 4.79 Å². The van der Waals surface area contributed by atoms with Crippen molar-refractivity contribution in [3.8, 4) is 0 Å². The second-order valence-electron chi connectivity index (χ2n) is 5.01. The van der Waals surface area contributed by atoms with Crippen molar-refractivity contribution in [2.24, 2.45) is 5.73 Å². The number of hydrogen-bond donors (Lipinski definition) is 1. The number of amides is 1. The average molecular weight is 306 g/mol. The van der Waals surface area contributed by atoms with Gasteiger partial charge >= 0.3 is 0 Å². The lowest BCUT2D eigenvalue weighted by Gasteiger charge is -2.02. The number of rotatable bonds is 14. The Labute approximate surface area is 132 Å². The number of primary amides is 1. The highest BCUT2D eigenvalue weighted by molar-refractivity contribution is 7.99. The molecule has 0 heterocycles. The van der Waals surface area contributed by atoms with E-state index in [1.807, 2.05) is 11.8 Å². The zero-order valence-corrected chi connectivity index (χ0v) is 12.9. The van der Waals surface area contributed by atoms with Gasteiger partial charge in [-0.1, -0.05) is 79.6 Å². The van der Waals surface area contributed by atoms with Crippen LogP contribution in [-0.4, -0.2) is 17.4 Å². The summed E-state index contributed by atoms with van der Waals surface area (Å²) in [5.74, 6) is 1.90. The van der Waals surface area contributed by atoms with Gasteiger partial charge in [0.25, 0.3) is 0 Å². The van der Waals surface area contributed by atoms with E-state index in [1.54, 1.807) is 0 Å². The predicted molar refractivity (Wildman–Crippen MR) is 96.4 cm³/mol. The van der Waals surface area contributed by atoms with Crippen molar-refractivity contribution in [1.82, 2.24) is 0 Å². The van der Waals surface area contributed by atoms with Crippen LogP contribution in [0.2, 0.25) is 0 Å². The quantitative estimate of drug-likeness (QED) is 0.413. The first-order valence-electron chi connectivity index (χ1n) is 7.63. The number of nitrogens with two attached hydrogens (primary N) is 1. The summed E-state index contributed by atoms with van der Waals surface area (Å²) < 4.78 is 0. The van der Waals surface area contributed by atoms with E-state index in [1.165, 1.54) is 70.0 Å². The normalized spacial score (nSPS) is 9.65. The maximum atomic E-state index is 10.5. The van der Waals surface area contributed by atoms with Gasteiger partial charge in [-0.3, -0.25) is 4.79 Å². The van der Waals surface area contributed by atoms with E-state index in [4.69, 9.17) is 5.73 Å². The molecule has 0 radical (unpaired) electrons. The predicted octanol–water partition coefficient (Wildman–Crippen LogP) is 5.79. The Morgan fingerprint density at radius 3 is 1.70 bits per heavy atom. The van der Waals surface area contributed by atoms with Crippen LogP contribution in [-0.2, 0) is 4.79 Å². The molecule has 1 amide bonds. The summed E-state index contributed by atoms with van der Waals surface area (Å²) in [5, 5.41) is 0. The minimum Gasteiger partial charge on any atom is -0.370 e. The summed E-state index contributed by atoms with van der Waals surface area (Å²) in [6.07, 6.45) is 14.4. The Bertz CT molecular complexity index is 186. The summed E-state index contributed by atoms with van der Waals surface area (Å²) >= 11 is 1.86. The molecular weight excluding hydrogens is 266 g/mol. The Morgan fingerprint density at radius 2 is 1.25 bits per heavy atom. The van der Waals surface area contributed by atoms with E-state index >= 15 is 0 Å². The molecule has 3 heteroatoms. The smallest absolute Gasteiger partial charge is 0.218 e. The van der Waals surface area contributed by atoms with Gasteiger partial charge in [0, 0.05) is 12.2 Å². The fourth-order valence-corrected chi connectivity index (χ4v) is 2.92. The molecule has 2 N–H and O–H groups in total. The second-order valence-corrected chi connectivity index (χ2v) is 6.24. The van der Waals surface area contributed by atoms with Crippen LogP contribution in [0.15, 0.2) is 0 Å². The van der Waals surface area contributed by atoms with Gasteiger partial charge in [-0.05, 0) is 12.2 Å². The molecule has 0 fully saturated rings. The third-order valence-electron chi connectivity index (χ3n) is 3.14. The topological polar surface area (TPSA) is 43.1 Å². The van der Waals surface area contributed by atoms with Gasteiger partial charge in [0.05, 0.1) is 0 Å². The molecule has 124 valence electrons. The molecule has 0 aliphatic carbocycles. The lowest BCUT2D eigenvalue weighted by Crippen LogP contribution is -2.11. The van der Waals surface area contributed by atoms with Crippen molar-refractivity contribution >= 4 is 17.7 Å². The molecule has 0 aromatic heterocycles. The number of carbonyl (C=O) groups is 1. The van der Waals surface area contributed by atoms with Gasteiger partial charge in [0.15, 0.2) is 0 Å². The minimum atomic E-state index is -0.175. The Kier molecular flexibility index (Phi) is 26.2. The Hall–Kier alpha value is -0.180. The molecule has 0 aromatic rings. The third-order valence-corrected chi connectivity index (χ3v) is 4.21. The largest absolute Gasteiger partial charge is 0.370 e. The number of unbranched alkanes of at least 4 members (excludes halogenated alkanes) is 9. The van der Waals surface area contributed by atoms with Crippen LogP contribution >= 0.6 is 11.8 Å². The highest BCUT2D eigenvalue weighted by atomic mass is 32.2. The lowest BCUT2D eigenvalue weighted by molar-refractivity contribution is -0.117. The van der Waals surface area contributed by atoms with Crippen molar-refractivity contribution < 1.29 is 4.79 Å². The molecular formula is C17H39NOS. The van der Waals surface area contributed by atoms with E-state index in [2.05, 4.69) is 6.92 Å². The van der Waals surface area contributed by atoms with Gasteiger partial charge < -0.3 is 5.73 Å². The van der Waals surface area contributed by atoms with Crippen LogP contribution in [0, 0.1) is 0 Å². The van der Waals surface area contributed by atoms with Gasteiger partial charge in [-0.15, -0.1) is 0 Å². The van der Waals surface area contributed by atoms with E-state index in [0.29, 0.717) is 6.42 Å². The van der Waals surface area contributed by atoms with Gasteiger partial charge in [-0.2, -0.15) is 11.8 Å². The maximum absolute atomic E-state index is 10.5. The molecule has 0 aromatic carbocycles. The summed E-state index contributed by atoms with van der Waals surface area (Å²) in [6, 6.07) is 0. The van der Waals surface area contributed by atoms with Crippen LogP contribution < -0.4 is 5.73 Å². The molecule has 0 rings (SSSR count). The van der Waals surface area contributed by atoms with Gasteiger partial charge in [-0.25, -0.2) is 0 Å². The minimum absolute atomic E-state index is 0. The average Bonchev–Trinajstić information content (AvgIpc) is 2.34. The third kappa shape index (κ3) is 23.0. The first-order chi connectivity index (χ1) is 8.77. The first-order valence-corrected chi connectivity index (χ1v) is 8.79. The number of carbonyl (C=O) groups excluding carboxylic acids is 1. The molecule has 20 heavy (non-hydrogen) atoms. The Morgan fingerprint density at radius 1 is 0.800 bits per heavy atom. The molecule has 0 atom stereocenters. The van der Waals surface area contributed by atoms with E-state index in [0.717, 1.165) is 5.75 Å². The summed E-state index contributed by atoms with van der Waals surface area (Å²) in [5.41, 5.74) is 5.08. The molecule has 0 bridgehead atoms. The zero-order chi connectivity index (χ0) is 13.5. The lowest BCUT2D eigenvalue weighted by atomic mass is 10.1. The van der Waals surface area contributed by atoms with Crippen molar-refractivity contribution in [2.75, 3.05) is 11.5 Å². The zero-order valence-electron chi connectivity index (χ0n) is 12.1.